The van der Waals surface area contributed by atoms with Gasteiger partial charge >= 0.3 is 0 Å². The fraction of sp³-hybridized carbons (Fsp3) is 0.182. The van der Waals surface area contributed by atoms with E-state index in [1.54, 1.807) is 18.6 Å². The molecule has 0 saturated heterocycles. The van der Waals surface area contributed by atoms with Gasteiger partial charge in [0.05, 0.1) is 5.69 Å². The lowest BCUT2D eigenvalue weighted by Crippen LogP contribution is -2.02. The molecule has 0 spiro atoms. The summed E-state index contributed by atoms with van der Waals surface area (Å²) < 4.78 is 9.77. The summed E-state index contributed by atoms with van der Waals surface area (Å²) in [6, 6.07) is 6.32. The number of oxazole rings is 1. The molecule has 4 aromatic heterocycles. The number of aryl methyl sites for hydroxylation is 4. The first-order chi connectivity index (χ1) is 14.0. The predicted octanol–water partition coefficient (Wildman–Crippen LogP) is 4.40. The van der Waals surface area contributed by atoms with E-state index < -0.39 is 0 Å². The highest BCUT2D eigenvalue weighted by atomic mass is 16.4. The van der Waals surface area contributed by atoms with Gasteiger partial charge in [0.2, 0.25) is 5.71 Å². The summed E-state index contributed by atoms with van der Waals surface area (Å²) in [5.41, 5.74) is 6.82. The quantitative estimate of drug-likeness (QED) is 0.461. The third-order valence-corrected chi connectivity index (χ3v) is 5.04. The average Bonchev–Trinajstić information content (AvgIpc) is 3.39. The van der Waals surface area contributed by atoms with Crippen molar-refractivity contribution in [2.75, 3.05) is 0 Å². The van der Waals surface area contributed by atoms with Crippen molar-refractivity contribution in [3.63, 3.8) is 0 Å². The Kier molecular flexibility index (Phi) is 3.84. The van der Waals surface area contributed by atoms with Crippen LogP contribution in [0.5, 0.6) is 0 Å². The lowest BCUT2D eigenvalue weighted by molar-refractivity contribution is 0.597. The van der Waals surface area contributed by atoms with Gasteiger partial charge in [0, 0.05) is 43.6 Å². The first-order valence-corrected chi connectivity index (χ1v) is 9.37. The minimum absolute atomic E-state index is 0.450. The van der Waals surface area contributed by atoms with Crippen LogP contribution in [0.15, 0.2) is 53.6 Å². The van der Waals surface area contributed by atoms with Gasteiger partial charge < -0.3 is 8.98 Å². The van der Waals surface area contributed by atoms with E-state index in [-0.39, 0.29) is 0 Å². The van der Waals surface area contributed by atoms with Gasteiger partial charge in [-0.15, -0.1) is 0 Å². The van der Waals surface area contributed by atoms with Crippen molar-refractivity contribution in [2.45, 2.75) is 20.8 Å². The molecule has 0 atom stereocenters. The lowest BCUT2D eigenvalue weighted by atomic mass is 10.0. The molecule has 0 fully saturated rings. The number of pyridine rings is 1. The Bertz CT molecular complexity index is 1330. The molecule has 0 aliphatic rings. The SMILES string of the molecule is Cc1cc(C)c(-n2ccnc2-c2cnc3oc(-c4nccn4C)nc3c2)c(C)c1. The molecule has 7 nitrogen and oxygen atoms in total. The molecular formula is C22H20N6O. The van der Waals surface area contributed by atoms with Crippen LogP contribution >= 0.6 is 0 Å². The number of rotatable bonds is 3. The number of hydrogen-bond acceptors (Lipinski definition) is 5. The number of nitrogens with zero attached hydrogens (tertiary/aromatic N) is 6. The smallest absolute Gasteiger partial charge is 0.265 e. The van der Waals surface area contributed by atoms with Crippen LogP contribution in [0, 0.1) is 20.8 Å². The molecule has 0 N–H and O–H groups in total. The number of fused-ring (bicyclic) bond motifs is 1. The zero-order valence-corrected chi connectivity index (χ0v) is 16.7. The highest BCUT2D eigenvalue weighted by Gasteiger charge is 2.17. The van der Waals surface area contributed by atoms with Gasteiger partial charge in [-0.3, -0.25) is 4.57 Å². The van der Waals surface area contributed by atoms with Crippen molar-refractivity contribution in [1.29, 1.82) is 0 Å². The lowest BCUT2D eigenvalue weighted by Gasteiger charge is -2.15. The van der Waals surface area contributed by atoms with Gasteiger partial charge in [0.15, 0.2) is 5.82 Å². The largest absolute Gasteiger partial charge is 0.414 e. The van der Waals surface area contributed by atoms with E-state index >= 15 is 0 Å². The normalized spacial score (nSPS) is 11.4. The van der Waals surface area contributed by atoms with Gasteiger partial charge in [-0.25, -0.2) is 19.9 Å². The van der Waals surface area contributed by atoms with Crippen LogP contribution in [-0.2, 0) is 7.05 Å². The molecule has 29 heavy (non-hydrogen) atoms. The van der Waals surface area contributed by atoms with Crippen LogP contribution < -0.4 is 0 Å². The number of benzene rings is 1. The summed E-state index contributed by atoms with van der Waals surface area (Å²) in [5, 5.41) is 0. The standard InChI is InChI=1S/C22H20N6O/c1-13-9-14(2)18(15(3)10-13)28-8-6-23-19(28)16-11-17-21(25-12-16)29-22(26-17)20-24-5-7-27(20)4/h5-12H,1-4H3. The second-order valence-electron chi connectivity index (χ2n) is 7.30. The Balaban J connectivity index is 1.63. The highest BCUT2D eigenvalue weighted by Crippen LogP contribution is 2.29. The second kappa shape index (κ2) is 6.41. The summed E-state index contributed by atoms with van der Waals surface area (Å²) in [4.78, 5) is 17.9. The van der Waals surface area contributed by atoms with E-state index in [0.717, 1.165) is 17.1 Å². The number of imidazole rings is 2. The van der Waals surface area contributed by atoms with Crippen molar-refractivity contribution in [2.24, 2.45) is 7.05 Å². The van der Waals surface area contributed by atoms with E-state index in [2.05, 4.69) is 57.4 Å². The van der Waals surface area contributed by atoms with Crippen molar-refractivity contribution in [1.82, 2.24) is 29.1 Å². The van der Waals surface area contributed by atoms with Crippen LogP contribution in [-0.4, -0.2) is 29.1 Å². The Morgan fingerprint density at radius 3 is 2.31 bits per heavy atom. The summed E-state index contributed by atoms with van der Waals surface area (Å²) in [7, 11) is 1.90. The van der Waals surface area contributed by atoms with E-state index in [1.165, 1.54) is 16.7 Å². The van der Waals surface area contributed by atoms with E-state index in [1.807, 2.05) is 30.1 Å². The van der Waals surface area contributed by atoms with Crippen molar-refractivity contribution >= 4 is 11.2 Å². The Morgan fingerprint density at radius 2 is 1.59 bits per heavy atom. The van der Waals surface area contributed by atoms with E-state index in [4.69, 9.17) is 4.42 Å². The molecule has 0 bridgehead atoms. The molecule has 0 saturated carbocycles. The van der Waals surface area contributed by atoms with Gasteiger partial charge in [0.25, 0.3) is 5.89 Å². The Hall–Kier alpha value is -3.74. The third kappa shape index (κ3) is 2.82. The zero-order chi connectivity index (χ0) is 20.1. The minimum atomic E-state index is 0.450. The van der Waals surface area contributed by atoms with Crippen LogP contribution in [0.4, 0.5) is 0 Å². The van der Waals surface area contributed by atoms with Crippen molar-refractivity contribution < 1.29 is 4.42 Å². The molecule has 0 radical (unpaired) electrons. The molecule has 5 rings (SSSR count). The average molecular weight is 384 g/mol. The highest BCUT2D eigenvalue weighted by molar-refractivity contribution is 5.77. The summed E-state index contributed by atoms with van der Waals surface area (Å²) in [6.07, 6.45) is 9.12. The monoisotopic (exact) mass is 384 g/mol. The maximum absolute atomic E-state index is 5.80. The minimum Gasteiger partial charge on any atom is -0.414 e. The molecular weight excluding hydrogens is 364 g/mol. The summed E-state index contributed by atoms with van der Waals surface area (Å²) in [6.45, 7) is 6.36. The molecule has 0 aliphatic heterocycles. The topological polar surface area (TPSA) is 74.6 Å². The first kappa shape index (κ1) is 17.4. The van der Waals surface area contributed by atoms with Gasteiger partial charge in [0.1, 0.15) is 11.3 Å². The molecule has 7 heteroatoms. The van der Waals surface area contributed by atoms with E-state index in [9.17, 15) is 0 Å². The first-order valence-electron chi connectivity index (χ1n) is 9.37. The molecule has 0 amide bonds. The van der Waals surface area contributed by atoms with Gasteiger partial charge in [-0.1, -0.05) is 17.7 Å². The third-order valence-electron chi connectivity index (χ3n) is 5.04. The molecule has 5 aromatic rings. The summed E-state index contributed by atoms with van der Waals surface area (Å²) >= 11 is 0. The molecule has 144 valence electrons. The maximum atomic E-state index is 5.80. The maximum Gasteiger partial charge on any atom is 0.265 e. The van der Waals surface area contributed by atoms with Crippen LogP contribution in [0.2, 0.25) is 0 Å². The van der Waals surface area contributed by atoms with Crippen LogP contribution in [0.3, 0.4) is 0 Å². The predicted molar refractivity (Wildman–Crippen MR) is 111 cm³/mol. The molecule has 1 aromatic carbocycles. The summed E-state index contributed by atoms with van der Waals surface area (Å²) in [5.74, 6) is 1.93. The van der Waals surface area contributed by atoms with Crippen molar-refractivity contribution in [3.8, 4) is 28.8 Å². The van der Waals surface area contributed by atoms with Crippen molar-refractivity contribution in [3.05, 3.63) is 65.9 Å². The molecule has 0 aliphatic carbocycles. The van der Waals surface area contributed by atoms with E-state index in [0.29, 0.717) is 22.9 Å². The Morgan fingerprint density at radius 1 is 0.862 bits per heavy atom. The fourth-order valence-electron chi connectivity index (χ4n) is 3.86. The van der Waals surface area contributed by atoms with Crippen LogP contribution in [0.1, 0.15) is 16.7 Å². The van der Waals surface area contributed by atoms with Gasteiger partial charge in [-0.05, 0) is 38.0 Å². The number of aromatic nitrogens is 6. The fourth-order valence-corrected chi connectivity index (χ4v) is 3.86. The second-order valence-corrected chi connectivity index (χ2v) is 7.30. The van der Waals surface area contributed by atoms with Gasteiger partial charge in [-0.2, -0.15) is 0 Å². The number of hydrogen-bond donors (Lipinski definition) is 0. The zero-order valence-electron chi connectivity index (χ0n) is 16.7. The van der Waals surface area contributed by atoms with Crippen LogP contribution in [0.25, 0.3) is 40.0 Å². The molecule has 0 unspecified atom stereocenters. The Labute approximate surface area is 167 Å². The molecule has 4 heterocycles.